The number of carbonyl (C=O) groups is 2. The number of amides is 1. The van der Waals surface area contributed by atoms with E-state index in [0.717, 1.165) is 6.42 Å². The highest BCUT2D eigenvalue weighted by Gasteiger charge is 2.30. The monoisotopic (exact) mass is 258 g/mol. The topological polar surface area (TPSA) is 78.9 Å². The first-order valence-corrected chi connectivity index (χ1v) is 6.32. The van der Waals surface area contributed by atoms with Gasteiger partial charge in [0.2, 0.25) is 5.91 Å². The van der Waals surface area contributed by atoms with Gasteiger partial charge in [-0.25, -0.2) is 0 Å². The number of hydrogen-bond donors (Lipinski definition) is 2. The number of ether oxygens (including phenoxy) is 1. The van der Waals surface area contributed by atoms with Gasteiger partial charge in [0.15, 0.2) is 0 Å². The standard InChI is InChI=1S/C12H22N2O4/c1-9(2)3-4-13-11(15)7-14-5-6-18-8-10(14)12(16)17/h9-10H,3-8H2,1-2H3,(H,13,15)(H,16,17). The van der Waals surface area contributed by atoms with Gasteiger partial charge in [-0.2, -0.15) is 0 Å². The second-order valence-electron chi connectivity index (χ2n) is 4.93. The van der Waals surface area contributed by atoms with E-state index in [0.29, 0.717) is 25.6 Å². The lowest BCUT2D eigenvalue weighted by Gasteiger charge is -2.32. The molecule has 6 heteroatoms. The van der Waals surface area contributed by atoms with Crippen LogP contribution in [-0.4, -0.2) is 60.8 Å². The van der Waals surface area contributed by atoms with Crippen LogP contribution in [0, 0.1) is 5.92 Å². The highest BCUT2D eigenvalue weighted by molar-refractivity contribution is 5.80. The van der Waals surface area contributed by atoms with Gasteiger partial charge in [-0.15, -0.1) is 0 Å². The molecule has 0 spiro atoms. The van der Waals surface area contributed by atoms with Gasteiger partial charge in [-0.1, -0.05) is 13.8 Å². The lowest BCUT2D eigenvalue weighted by atomic mass is 10.1. The summed E-state index contributed by atoms with van der Waals surface area (Å²) in [5, 5.41) is 11.8. The van der Waals surface area contributed by atoms with Crippen molar-refractivity contribution in [2.24, 2.45) is 5.92 Å². The van der Waals surface area contributed by atoms with E-state index in [4.69, 9.17) is 9.84 Å². The maximum Gasteiger partial charge on any atom is 0.323 e. The molecule has 0 aromatic carbocycles. The first-order chi connectivity index (χ1) is 8.50. The molecule has 1 saturated heterocycles. The van der Waals surface area contributed by atoms with Gasteiger partial charge in [-0.05, 0) is 12.3 Å². The smallest absolute Gasteiger partial charge is 0.323 e. The summed E-state index contributed by atoms with van der Waals surface area (Å²) in [6.07, 6.45) is 0.928. The van der Waals surface area contributed by atoms with Crippen LogP contribution in [0.5, 0.6) is 0 Å². The Labute approximate surface area is 107 Å². The van der Waals surface area contributed by atoms with Crippen LogP contribution in [0.4, 0.5) is 0 Å². The van der Waals surface area contributed by atoms with Crippen LogP contribution >= 0.6 is 0 Å². The maximum absolute atomic E-state index is 11.7. The minimum Gasteiger partial charge on any atom is -0.480 e. The molecular formula is C12H22N2O4. The number of aliphatic carboxylic acids is 1. The molecule has 104 valence electrons. The lowest BCUT2D eigenvalue weighted by Crippen LogP contribution is -2.53. The number of carboxylic acid groups (broad SMARTS) is 1. The Morgan fingerprint density at radius 2 is 2.22 bits per heavy atom. The molecule has 1 unspecified atom stereocenters. The summed E-state index contributed by atoms with van der Waals surface area (Å²) in [5.41, 5.74) is 0. The number of rotatable bonds is 6. The largest absolute Gasteiger partial charge is 0.480 e. The summed E-state index contributed by atoms with van der Waals surface area (Å²) in [4.78, 5) is 24.3. The lowest BCUT2D eigenvalue weighted by molar-refractivity contribution is -0.150. The van der Waals surface area contributed by atoms with Crippen LogP contribution in [-0.2, 0) is 14.3 Å². The number of carboxylic acids is 1. The van der Waals surface area contributed by atoms with Crippen LogP contribution in [0.2, 0.25) is 0 Å². The normalized spacial score (nSPS) is 20.9. The van der Waals surface area contributed by atoms with Crippen molar-refractivity contribution in [3.63, 3.8) is 0 Å². The molecule has 1 atom stereocenters. The predicted molar refractivity (Wildman–Crippen MR) is 66.3 cm³/mol. The van der Waals surface area contributed by atoms with E-state index in [-0.39, 0.29) is 19.1 Å². The zero-order chi connectivity index (χ0) is 13.5. The number of hydrogen-bond acceptors (Lipinski definition) is 4. The number of nitrogens with one attached hydrogen (secondary N) is 1. The van der Waals surface area contributed by atoms with E-state index < -0.39 is 12.0 Å². The molecule has 1 fully saturated rings. The third-order valence-corrected chi connectivity index (χ3v) is 2.91. The highest BCUT2D eigenvalue weighted by Crippen LogP contribution is 2.06. The van der Waals surface area contributed by atoms with Crippen LogP contribution in [0.25, 0.3) is 0 Å². The van der Waals surface area contributed by atoms with Crippen molar-refractivity contribution in [1.29, 1.82) is 0 Å². The van der Waals surface area contributed by atoms with Crippen molar-refractivity contribution in [3.05, 3.63) is 0 Å². The zero-order valence-corrected chi connectivity index (χ0v) is 11.0. The summed E-state index contributed by atoms with van der Waals surface area (Å²) in [6, 6.07) is -0.713. The first kappa shape index (κ1) is 14.9. The van der Waals surface area contributed by atoms with Gasteiger partial charge >= 0.3 is 5.97 Å². The van der Waals surface area contributed by atoms with Gasteiger partial charge in [0, 0.05) is 13.1 Å². The fraction of sp³-hybridized carbons (Fsp3) is 0.833. The van der Waals surface area contributed by atoms with Gasteiger partial charge in [0.25, 0.3) is 0 Å². The quantitative estimate of drug-likeness (QED) is 0.697. The van der Waals surface area contributed by atoms with Crippen molar-refractivity contribution in [2.75, 3.05) is 32.8 Å². The average molecular weight is 258 g/mol. The van der Waals surface area contributed by atoms with Gasteiger partial charge in [0.05, 0.1) is 19.8 Å². The van der Waals surface area contributed by atoms with E-state index in [2.05, 4.69) is 19.2 Å². The van der Waals surface area contributed by atoms with Gasteiger partial charge < -0.3 is 15.2 Å². The Bertz CT molecular complexity index is 294. The van der Waals surface area contributed by atoms with E-state index in [9.17, 15) is 9.59 Å². The SMILES string of the molecule is CC(C)CCNC(=O)CN1CCOCC1C(=O)O. The molecule has 0 saturated carbocycles. The maximum atomic E-state index is 11.7. The van der Waals surface area contributed by atoms with Crippen molar-refractivity contribution >= 4 is 11.9 Å². The molecule has 1 rings (SSSR count). The fourth-order valence-corrected chi connectivity index (χ4v) is 1.80. The zero-order valence-electron chi connectivity index (χ0n) is 11.0. The Morgan fingerprint density at radius 1 is 1.50 bits per heavy atom. The number of morpholine rings is 1. The van der Waals surface area contributed by atoms with Crippen molar-refractivity contribution in [2.45, 2.75) is 26.3 Å². The summed E-state index contributed by atoms with van der Waals surface area (Å²) in [5.74, 6) is -0.520. The Hall–Kier alpha value is -1.14. The molecular weight excluding hydrogens is 236 g/mol. The van der Waals surface area contributed by atoms with Crippen LogP contribution < -0.4 is 5.32 Å². The summed E-state index contributed by atoms with van der Waals surface area (Å²) in [7, 11) is 0. The van der Waals surface area contributed by atoms with Gasteiger partial charge in [-0.3, -0.25) is 14.5 Å². The van der Waals surface area contributed by atoms with Crippen molar-refractivity contribution in [3.8, 4) is 0 Å². The molecule has 2 N–H and O–H groups in total. The third-order valence-electron chi connectivity index (χ3n) is 2.91. The third kappa shape index (κ3) is 5.01. The highest BCUT2D eigenvalue weighted by atomic mass is 16.5. The second-order valence-corrected chi connectivity index (χ2v) is 4.93. The first-order valence-electron chi connectivity index (χ1n) is 6.32. The minimum atomic E-state index is -0.940. The Balaban J connectivity index is 2.34. The molecule has 0 aromatic rings. The van der Waals surface area contributed by atoms with E-state index in [1.54, 1.807) is 4.90 Å². The molecule has 1 aliphatic rings. The molecule has 1 amide bonds. The predicted octanol–water partition coefficient (Wildman–Crippen LogP) is -0.0659. The molecule has 6 nitrogen and oxygen atoms in total. The molecule has 0 aromatic heterocycles. The van der Waals surface area contributed by atoms with Crippen molar-refractivity contribution in [1.82, 2.24) is 10.2 Å². The average Bonchev–Trinajstić information content (AvgIpc) is 2.28. The van der Waals surface area contributed by atoms with Crippen LogP contribution in [0.1, 0.15) is 20.3 Å². The fourth-order valence-electron chi connectivity index (χ4n) is 1.80. The molecule has 0 aliphatic carbocycles. The van der Waals surface area contributed by atoms with E-state index >= 15 is 0 Å². The number of carbonyl (C=O) groups excluding carboxylic acids is 1. The van der Waals surface area contributed by atoms with Crippen LogP contribution in [0.15, 0.2) is 0 Å². The van der Waals surface area contributed by atoms with Gasteiger partial charge in [0.1, 0.15) is 6.04 Å². The molecule has 1 heterocycles. The van der Waals surface area contributed by atoms with Crippen LogP contribution in [0.3, 0.4) is 0 Å². The van der Waals surface area contributed by atoms with E-state index in [1.807, 2.05) is 0 Å². The summed E-state index contributed by atoms with van der Waals surface area (Å²) >= 11 is 0. The Morgan fingerprint density at radius 3 is 2.83 bits per heavy atom. The Kier molecular flexibility index (Phi) is 6.07. The minimum absolute atomic E-state index is 0.121. The molecule has 1 aliphatic heterocycles. The summed E-state index contributed by atoms with van der Waals surface area (Å²) in [6.45, 7) is 6.05. The molecule has 0 radical (unpaired) electrons. The molecule has 0 bridgehead atoms. The van der Waals surface area contributed by atoms with Crippen molar-refractivity contribution < 1.29 is 19.4 Å². The molecule has 18 heavy (non-hydrogen) atoms. The van der Waals surface area contributed by atoms with E-state index in [1.165, 1.54) is 0 Å². The number of nitrogens with zero attached hydrogens (tertiary/aromatic N) is 1. The second kappa shape index (κ2) is 7.33. The summed E-state index contributed by atoms with van der Waals surface area (Å²) < 4.78 is 5.11.